The molecule has 1 saturated heterocycles. The number of Topliss-reactive ketones (excluding diaryl/α,β-unsaturated/α-hetero) is 1. The number of ether oxygens (including phenoxy) is 2. The van der Waals surface area contributed by atoms with Crippen molar-refractivity contribution in [2.45, 2.75) is 105 Å². The lowest BCUT2D eigenvalue weighted by atomic mass is 9.39. The molecule has 2 saturated carbocycles. The number of esters is 1. The zero-order valence-electron chi connectivity index (χ0n) is 26.8. The highest BCUT2D eigenvalue weighted by atomic mass is 127. The van der Waals surface area contributed by atoms with E-state index in [0.717, 1.165) is 0 Å². The molecule has 1 aliphatic heterocycles. The van der Waals surface area contributed by atoms with Gasteiger partial charge in [-0.1, -0.05) is 78.8 Å². The summed E-state index contributed by atoms with van der Waals surface area (Å²) in [5.41, 5.74) is 0.663. The number of benzene rings is 1. The molecule has 1 aromatic carbocycles. The van der Waals surface area contributed by atoms with Crippen LogP contribution in [0.1, 0.15) is 59.4 Å². The van der Waals surface area contributed by atoms with Gasteiger partial charge in [0.1, 0.15) is 5.60 Å². The van der Waals surface area contributed by atoms with Crippen molar-refractivity contribution in [3.05, 3.63) is 52.9 Å². The molecular weight excluding hydrogens is 727 g/mol. The Kier molecular flexibility index (Phi) is 9.97. The van der Waals surface area contributed by atoms with Crippen LogP contribution < -0.4 is 5.32 Å². The summed E-state index contributed by atoms with van der Waals surface area (Å²) in [6.07, 6.45) is -5.00. The number of fused-ring (bicyclic) bond motifs is 3. The average Bonchev–Trinajstić information content (AvgIpc) is 2.99. The van der Waals surface area contributed by atoms with E-state index in [1.54, 1.807) is 45.0 Å². The van der Waals surface area contributed by atoms with Crippen molar-refractivity contribution in [3.63, 3.8) is 0 Å². The maximum atomic E-state index is 14.2. The van der Waals surface area contributed by atoms with Crippen LogP contribution in [0.3, 0.4) is 0 Å². The van der Waals surface area contributed by atoms with Gasteiger partial charge >= 0.3 is 11.9 Å². The Morgan fingerprint density at radius 3 is 2.34 bits per heavy atom. The zero-order valence-corrected chi connectivity index (χ0v) is 29.0. The first-order valence-corrected chi connectivity index (χ1v) is 16.4. The third kappa shape index (κ3) is 5.84. The fraction of sp³-hybridized carbons (Fsp3) is 0.625. The minimum absolute atomic E-state index is 0.0641. The molecule has 14 nitrogen and oxygen atoms in total. The van der Waals surface area contributed by atoms with Crippen LogP contribution in [-0.4, -0.2) is 89.1 Å². The number of alkyl halides is 1. The monoisotopic (exact) mass is 768 g/mol. The molecule has 0 aromatic heterocycles. The van der Waals surface area contributed by atoms with Crippen molar-refractivity contribution < 1.29 is 49.1 Å². The number of carbonyl (C=O) groups is 4. The Morgan fingerprint density at radius 1 is 1.17 bits per heavy atom. The van der Waals surface area contributed by atoms with Gasteiger partial charge in [0.25, 0.3) is 0 Å². The molecular formula is C32H41IN4O10. The van der Waals surface area contributed by atoms with Gasteiger partial charge in [0, 0.05) is 34.4 Å². The molecule has 4 rings (SSSR count). The Bertz CT molecular complexity index is 1520. The Labute approximate surface area is 285 Å². The number of carbonyl (C=O) groups excluding carboxylic acids is 3. The third-order valence-corrected chi connectivity index (χ3v) is 11.9. The molecule has 3 fully saturated rings. The maximum Gasteiger partial charge on any atom is 0.306 e. The number of carboxylic acid groups (broad SMARTS) is 1. The highest BCUT2D eigenvalue weighted by Gasteiger charge is 2.83. The molecule has 1 amide bonds. The smallest absolute Gasteiger partial charge is 0.306 e. The summed E-state index contributed by atoms with van der Waals surface area (Å²) in [7, 11) is 0. The summed E-state index contributed by atoms with van der Waals surface area (Å²) in [5.74, 6) is -4.56. The number of halogens is 1. The summed E-state index contributed by atoms with van der Waals surface area (Å²) in [5, 5.41) is 52.7. The zero-order chi connectivity index (χ0) is 35.3. The van der Waals surface area contributed by atoms with E-state index in [-0.39, 0.29) is 12.8 Å². The van der Waals surface area contributed by atoms with Gasteiger partial charge in [0.15, 0.2) is 17.5 Å². The van der Waals surface area contributed by atoms with Crippen LogP contribution >= 0.6 is 22.6 Å². The highest BCUT2D eigenvalue weighted by molar-refractivity contribution is 14.1. The van der Waals surface area contributed by atoms with Gasteiger partial charge in [-0.05, 0) is 30.4 Å². The van der Waals surface area contributed by atoms with E-state index in [2.05, 4.69) is 21.9 Å². The number of nitrogens with one attached hydrogen (secondary N) is 1. The molecule has 1 aromatic rings. The van der Waals surface area contributed by atoms with Crippen LogP contribution in [-0.2, 0) is 35.1 Å². The molecule has 256 valence electrons. The SMILES string of the molecule is C=C[C@@]1(C)CC(=O)[C@]2(O)[C@@]3(C)[C@@H](O)C(I)C(NC(=O)Cc4ccc(N=[N+]=[N-])cc4)C(C)(C)[C@@H]3[C@H](O)[C@H](OC(=O)CCC(=O)O)[C@@]2(C)O1. The fourth-order valence-corrected chi connectivity index (χ4v) is 10.2. The first-order chi connectivity index (χ1) is 21.7. The minimum Gasteiger partial charge on any atom is -0.481 e. The molecule has 2 aliphatic carbocycles. The number of aliphatic hydroxyl groups excluding tert-OH is 2. The Morgan fingerprint density at radius 2 is 1.79 bits per heavy atom. The molecule has 3 aliphatic rings. The standard InChI is InChI=1S/C32H41IN4O10/c1-7-29(4)15-18(38)32(45)30(5)24(23(43)27(31(32,6)47-29)46-21(42)13-12-20(40)41)28(2,3)25(22(33)26(30)44)35-19(39)14-16-8-10-17(11-9-16)36-37-34/h7-11,22-27,43-45H,1,12-15H2,2-6H3,(H,35,39)(H,40,41)/t22?,23-,24-,25?,26-,27-,29-,30+,31+,32-/m0/s1. The van der Waals surface area contributed by atoms with Gasteiger partial charge in [0.2, 0.25) is 5.91 Å². The number of rotatable bonds is 9. The van der Waals surface area contributed by atoms with Crippen LogP contribution in [0.15, 0.2) is 42.0 Å². The van der Waals surface area contributed by atoms with Gasteiger partial charge in [0.05, 0.1) is 41.0 Å². The van der Waals surface area contributed by atoms with Crippen molar-refractivity contribution in [1.29, 1.82) is 0 Å². The molecule has 0 radical (unpaired) electrons. The summed E-state index contributed by atoms with van der Waals surface area (Å²) < 4.78 is 11.3. The lowest BCUT2D eigenvalue weighted by Crippen LogP contribution is -2.89. The second kappa shape index (κ2) is 12.7. The first-order valence-electron chi connectivity index (χ1n) is 15.2. The largest absolute Gasteiger partial charge is 0.481 e. The van der Waals surface area contributed by atoms with Gasteiger partial charge in [-0.25, -0.2) is 0 Å². The number of hydrogen-bond donors (Lipinski definition) is 5. The number of azide groups is 1. The average molecular weight is 769 g/mol. The molecule has 15 heteroatoms. The number of carboxylic acids is 1. The second-order valence-electron chi connectivity index (χ2n) is 13.9. The van der Waals surface area contributed by atoms with E-state index in [4.69, 9.17) is 20.1 Å². The van der Waals surface area contributed by atoms with E-state index >= 15 is 0 Å². The number of hydrogen-bond acceptors (Lipinski definition) is 10. The molecule has 10 atom stereocenters. The van der Waals surface area contributed by atoms with Gasteiger partial charge < -0.3 is 35.2 Å². The summed E-state index contributed by atoms with van der Waals surface area (Å²) >= 11 is 1.98. The number of amides is 1. The van der Waals surface area contributed by atoms with Gasteiger partial charge in [-0.15, -0.1) is 6.58 Å². The van der Waals surface area contributed by atoms with E-state index in [9.17, 15) is 34.5 Å². The summed E-state index contributed by atoms with van der Waals surface area (Å²) in [6, 6.07) is 5.59. The fourth-order valence-electron chi connectivity index (χ4n) is 8.34. The Balaban J connectivity index is 1.79. The van der Waals surface area contributed by atoms with Gasteiger partial charge in [-0.2, -0.15) is 0 Å². The molecule has 5 N–H and O–H groups in total. The van der Waals surface area contributed by atoms with E-state index in [1.165, 1.54) is 19.9 Å². The number of nitrogens with zero attached hydrogens (tertiary/aromatic N) is 3. The highest BCUT2D eigenvalue weighted by Crippen LogP contribution is 2.67. The van der Waals surface area contributed by atoms with Crippen molar-refractivity contribution in [2.75, 3.05) is 0 Å². The first kappa shape index (κ1) is 36.8. The third-order valence-electron chi connectivity index (χ3n) is 10.5. The molecule has 2 unspecified atom stereocenters. The van der Waals surface area contributed by atoms with Crippen molar-refractivity contribution in [1.82, 2.24) is 5.32 Å². The van der Waals surface area contributed by atoms with Crippen molar-refractivity contribution >= 4 is 51.9 Å². The van der Waals surface area contributed by atoms with E-state index in [0.29, 0.717) is 11.3 Å². The molecule has 1 heterocycles. The summed E-state index contributed by atoms with van der Waals surface area (Å²) in [6.45, 7) is 11.6. The molecule has 0 spiro atoms. The van der Waals surface area contributed by atoms with Crippen LogP contribution in [0.2, 0.25) is 0 Å². The second-order valence-corrected chi connectivity index (χ2v) is 15.3. The predicted octanol–water partition coefficient (Wildman–Crippen LogP) is 3.06. The summed E-state index contributed by atoms with van der Waals surface area (Å²) in [4.78, 5) is 54.5. The quantitative estimate of drug-likeness (QED) is 0.0469. The van der Waals surface area contributed by atoms with Gasteiger partial charge in [-0.3, -0.25) is 19.2 Å². The van der Waals surface area contributed by atoms with E-state index < -0.39 is 98.3 Å². The predicted molar refractivity (Wildman–Crippen MR) is 175 cm³/mol. The van der Waals surface area contributed by atoms with Crippen molar-refractivity contribution in [3.8, 4) is 0 Å². The van der Waals surface area contributed by atoms with Crippen molar-refractivity contribution in [2.24, 2.45) is 21.9 Å². The van der Waals surface area contributed by atoms with E-state index in [1.807, 2.05) is 22.6 Å². The lowest BCUT2D eigenvalue weighted by molar-refractivity contribution is -0.371. The van der Waals surface area contributed by atoms with Crippen LogP contribution in [0.5, 0.6) is 0 Å². The number of aliphatic hydroxyl groups is 3. The number of ketones is 1. The Hall–Kier alpha value is -3.08. The number of aliphatic carboxylic acids is 1. The molecule has 47 heavy (non-hydrogen) atoms. The lowest BCUT2D eigenvalue weighted by Gasteiger charge is -2.72. The topological polar surface area (TPSA) is 228 Å². The van der Waals surface area contributed by atoms with Crippen LogP contribution in [0.4, 0.5) is 5.69 Å². The van der Waals surface area contributed by atoms with Crippen LogP contribution in [0.25, 0.3) is 10.4 Å². The maximum absolute atomic E-state index is 14.2. The molecule has 0 bridgehead atoms. The normalized spacial score (nSPS) is 39.0. The minimum atomic E-state index is -2.53. The van der Waals surface area contributed by atoms with Crippen LogP contribution in [0, 0.1) is 16.7 Å².